The first kappa shape index (κ1) is 14.4. The molecule has 4 nitrogen and oxygen atoms in total. The molecule has 1 amide bonds. The molecule has 90 valence electrons. The number of amides is 1. The zero-order valence-corrected chi connectivity index (χ0v) is 10.3. The van der Waals surface area contributed by atoms with Gasteiger partial charge in [-0.1, -0.05) is 13.8 Å². The van der Waals surface area contributed by atoms with Gasteiger partial charge in [0.1, 0.15) is 0 Å². The minimum absolute atomic E-state index is 0.0338. The van der Waals surface area contributed by atoms with Gasteiger partial charge in [-0.3, -0.25) is 4.79 Å². The van der Waals surface area contributed by atoms with E-state index in [4.69, 9.17) is 10.8 Å². The fourth-order valence-corrected chi connectivity index (χ4v) is 1.21. The van der Waals surface area contributed by atoms with Crippen LogP contribution in [-0.2, 0) is 4.79 Å². The summed E-state index contributed by atoms with van der Waals surface area (Å²) in [7, 11) is 0. The Morgan fingerprint density at radius 1 is 1.33 bits per heavy atom. The third-order valence-corrected chi connectivity index (χ3v) is 2.17. The maximum atomic E-state index is 11.5. The molecule has 0 aliphatic rings. The van der Waals surface area contributed by atoms with E-state index < -0.39 is 5.54 Å². The Balaban J connectivity index is 3.90. The van der Waals surface area contributed by atoms with Gasteiger partial charge in [0, 0.05) is 25.1 Å². The van der Waals surface area contributed by atoms with Gasteiger partial charge in [0.15, 0.2) is 0 Å². The topological polar surface area (TPSA) is 75.4 Å². The summed E-state index contributed by atoms with van der Waals surface area (Å²) in [6.07, 6.45) is 1.00. The van der Waals surface area contributed by atoms with Gasteiger partial charge < -0.3 is 16.2 Å². The number of rotatable bonds is 6. The lowest BCUT2D eigenvalue weighted by Crippen LogP contribution is -2.41. The molecule has 0 atom stereocenters. The van der Waals surface area contributed by atoms with Gasteiger partial charge in [-0.25, -0.2) is 0 Å². The highest BCUT2D eigenvalue weighted by molar-refractivity contribution is 5.77. The van der Waals surface area contributed by atoms with E-state index in [-0.39, 0.29) is 17.9 Å². The van der Waals surface area contributed by atoms with Crippen LogP contribution in [0.3, 0.4) is 0 Å². The lowest BCUT2D eigenvalue weighted by Gasteiger charge is -2.25. The van der Waals surface area contributed by atoms with Crippen molar-refractivity contribution >= 4 is 5.91 Å². The minimum atomic E-state index is -0.467. The molecule has 0 radical (unpaired) electrons. The van der Waals surface area contributed by atoms with Crippen molar-refractivity contribution in [1.29, 1.82) is 0 Å². The molecule has 0 unspecified atom stereocenters. The number of aliphatic hydroxyl groups is 1. The van der Waals surface area contributed by atoms with Gasteiger partial charge in [0.25, 0.3) is 0 Å². The Hall–Kier alpha value is -0.610. The predicted molar refractivity (Wildman–Crippen MR) is 61.4 cm³/mol. The standard InChI is InChI=1S/C11H24N2O2/c1-10(2,5-6-14)8-13-9(15)7-11(3,4)12/h14H,5-8,12H2,1-4H3,(H,13,15). The highest BCUT2D eigenvalue weighted by Gasteiger charge is 2.20. The normalized spacial score (nSPS) is 12.7. The average molecular weight is 216 g/mol. The lowest BCUT2D eigenvalue weighted by molar-refractivity contribution is -0.122. The van der Waals surface area contributed by atoms with E-state index in [0.717, 1.165) is 0 Å². The smallest absolute Gasteiger partial charge is 0.221 e. The Labute approximate surface area is 92.2 Å². The zero-order valence-electron chi connectivity index (χ0n) is 10.3. The Bertz CT molecular complexity index is 207. The highest BCUT2D eigenvalue weighted by Crippen LogP contribution is 2.18. The van der Waals surface area contributed by atoms with Gasteiger partial charge in [0.05, 0.1) is 0 Å². The lowest BCUT2D eigenvalue weighted by atomic mass is 9.89. The van der Waals surface area contributed by atoms with Crippen molar-refractivity contribution in [2.24, 2.45) is 11.1 Å². The quantitative estimate of drug-likeness (QED) is 0.610. The van der Waals surface area contributed by atoms with Crippen LogP contribution in [0.2, 0.25) is 0 Å². The van der Waals surface area contributed by atoms with E-state index in [1.807, 2.05) is 27.7 Å². The third kappa shape index (κ3) is 8.39. The number of hydrogen-bond donors (Lipinski definition) is 3. The molecule has 0 rings (SSSR count). The van der Waals surface area contributed by atoms with Crippen LogP contribution in [-0.4, -0.2) is 29.7 Å². The van der Waals surface area contributed by atoms with Crippen molar-refractivity contribution in [2.75, 3.05) is 13.2 Å². The van der Waals surface area contributed by atoms with Gasteiger partial charge in [-0.05, 0) is 25.7 Å². The number of hydrogen-bond acceptors (Lipinski definition) is 3. The second-order valence-corrected chi connectivity index (χ2v) is 5.58. The molecule has 0 bridgehead atoms. The summed E-state index contributed by atoms with van der Waals surface area (Å²) in [4.78, 5) is 11.5. The van der Waals surface area contributed by atoms with E-state index in [1.54, 1.807) is 0 Å². The number of nitrogens with two attached hydrogens (primary N) is 1. The SMILES string of the molecule is CC(C)(N)CC(=O)NCC(C)(C)CCO. The number of nitrogens with one attached hydrogen (secondary N) is 1. The summed E-state index contributed by atoms with van der Waals surface area (Å²) < 4.78 is 0. The monoisotopic (exact) mass is 216 g/mol. The molecule has 0 fully saturated rings. The molecule has 0 aromatic carbocycles. The predicted octanol–water partition coefficient (Wildman–Crippen LogP) is 0.639. The molecule has 0 aliphatic heterocycles. The van der Waals surface area contributed by atoms with Crippen molar-refractivity contribution in [1.82, 2.24) is 5.32 Å². The van der Waals surface area contributed by atoms with E-state index in [2.05, 4.69) is 5.32 Å². The molecule has 0 aromatic rings. The number of aliphatic hydroxyl groups excluding tert-OH is 1. The highest BCUT2D eigenvalue weighted by atomic mass is 16.3. The van der Waals surface area contributed by atoms with Crippen LogP contribution in [0.25, 0.3) is 0 Å². The second kappa shape index (κ2) is 5.47. The first-order chi connectivity index (χ1) is 6.66. The summed E-state index contributed by atoms with van der Waals surface area (Å²) in [6.45, 7) is 8.39. The fourth-order valence-electron chi connectivity index (χ4n) is 1.21. The Kier molecular flexibility index (Phi) is 5.24. The van der Waals surface area contributed by atoms with Crippen LogP contribution >= 0.6 is 0 Å². The van der Waals surface area contributed by atoms with E-state index in [9.17, 15) is 4.79 Å². The summed E-state index contributed by atoms with van der Waals surface area (Å²) >= 11 is 0. The van der Waals surface area contributed by atoms with Crippen molar-refractivity contribution in [3.63, 3.8) is 0 Å². The number of carbonyl (C=O) groups is 1. The molecule has 15 heavy (non-hydrogen) atoms. The molecule has 4 N–H and O–H groups in total. The molecular weight excluding hydrogens is 192 g/mol. The first-order valence-electron chi connectivity index (χ1n) is 5.33. The molecule has 0 aliphatic carbocycles. The maximum absolute atomic E-state index is 11.5. The van der Waals surface area contributed by atoms with Gasteiger partial charge >= 0.3 is 0 Å². The molecule has 0 saturated heterocycles. The first-order valence-corrected chi connectivity index (χ1v) is 5.33. The maximum Gasteiger partial charge on any atom is 0.221 e. The van der Waals surface area contributed by atoms with Crippen LogP contribution in [0.15, 0.2) is 0 Å². The summed E-state index contributed by atoms with van der Waals surface area (Å²) in [6, 6.07) is 0. The Morgan fingerprint density at radius 3 is 2.27 bits per heavy atom. The summed E-state index contributed by atoms with van der Waals surface area (Å²) in [5.74, 6) is -0.0338. The second-order valence-electron chi connectivity index (χ2n) is 5.58. The van der Waals surface area contributed by atoms with Gasteiger partial charge in [-0.15, -0.1) is 0 Å². The largest absolute Gasteiger partial charge is 0.396 e. The molecule has 0 spiro atoms. The summed E-state index contributed by atoms with van der Waals surface area (Å²) in [5, 5.41) is 11.7. The summed E-state index contributed by atoms with van der Waals surface area (Å²) in [5.41, 5.74) is 5.20. The molecule has 0 aromatic heterocycles. The van der Waals surface area contributed by atoms with Crippen LogP contribution in [0.4, 0.5) is 0 Å². The van der Waals surface area contributed by atoms with Crippen LogP contribution in [0.5, 0.6) is 0 Å². The Morgan fingerprint density at radius 2 is 1.87 bits per heavy atom. The van der Waals surface area contributed by atoms with Crippen LogP contribution in [0, 0.1) is 5.41 Å². The molecule has 0 saturated carbocycles. The minimum Gasteiger partial charge on any atom is -0.396 e. The van der Waals surface area contributed by atoms with Crippen molar-refractivity contribution in [3.05, 3.63) is 0 Å². The van der Waals surface area contributed by atoms with E-state index in [0.29, 0.717) is 19.4 Å². The molecule has 0 heterocycles. The van der Waals surface area contributed by atoms with E-state index in [1.165, 1.54) is 0 Å². The number of carbonyl (C=O) groups excluding carboxylic acids is 1. The third-order valence-electron chi connectivity index (χ3n) is 2.17. The average Bonchev–Trinajstić information content (AvgIpc) is 1.98. The van der Waals surface area contributed by atoms with Crippen LogP contribution < -0.4 is 11.1 Å². The van der Waals surface area contributed by atoms with Crippen molar-refractivity contribution in [3.8, 4) is 0 Å². The fraction of sp³-hybridized carbons (Fsp3) is 0.909. The van der Waals surface area contributed by atoms with E-state index >= 15 is 0 Å². The van der Waals surface area contributed by atoms with Crippen LogP contribution in [0.1, 0.15) is 40.5 Å². The molecule has 4 heteroatoms. The van der Waals surface area contributed by atoms with Crippen molar-refractivity contribution in [2.45, 2.75) is 46.1 Å². The zero-order chi connectivity index (χ0) is 12.1. The van der Waals surface area contributed by atoms with Gasteiger partial charge in [0.2, 0.25) is 5.91 Å². The van der Waals surface area contributed by atoms with Gasteiger partial charge in [-0.2, -0.15) is 0 Å². The molecular formula is C11H24N2O2. The van der Waals surface area contributed by atoms with Crippen molar-refractivity contribution < 1.29 is 9.90 Å².